The van der Waals surface area contributed by atoms with Crippen molar-refractivity contribution in [2.45, 2.75) is 6.54 Å². The quantitative estimate of drug-likeness (QED) is 0.587. The molecule has 4 heteroatoms. The molecule has 11 heavy (non-hydrogen) atoms. The number of carbonyl (C=O) groups excluding carboxylic acids is 1. The van der Waals surface area contributed by atoms with Crippen molar-refractivity contribution < 1.29 is 4.79 Å². The van der Waals surface area contributed by atoms with E-state index in [1.165, 1.54) is 0 Å². The Kier molecular flexibility index (Phi) is 1.25. The molecule has 1 N–H and O–H groups in total. The molecule has 1 aromatic rings. The Morgan fingerprint density at radius 2 is 2.64 bits per heavy atom. The number of fused-ring (bicyclic) bond motifs is 1. The van der Waals surface area contributed by atoms with E-state index in [0.717, 1.165) is 17.8 Å². The molecule has 1 aromatic heterocycles. The van der Waals surface area contributed by atoms with Gasteiger partial charge in [-0.25, -0.2) is 4.98 Å². The second kappa shape index (κ2) is 2.23. The summed E-state index contributed by atoms with van der Waals surface area (Å²) in [5.41, 5.74) is 0.732. The van der Waals surface area contributed by atoms with Crippen molar-refractivity contribution in [3.63, 3.8) is 0 Å². The van der Waals surface area contributed by atoms with E-state index in [2.05, 4.69) is 10.3 Å². The van der Waals surface area contributed by atoms with E-state index >= 15 is 0 Å². The van der Waals surface area contributed by atoms with Gasteiger partial charge >= 0.3 is 0 Å². The van der Waals surface area contributed by atoms with E-state index in [1.807, 2.05) is 10.8 Å². The zero-order valence-corrected chi connectivity index (χ0v) is 5.82. The molecule has 4 nitrogen and oxygen atoms in total. The number of aldehydes is 1. The van der Waals surface area contributed by atoms with Crippen molar-refractivity contribution in [2.24, 2.45) is 0 Å². The highest BCUT2D eigenvalue weighted by Gasteiger charge is 2.08. The van der Waals surface area contributed by atoms with Gasteiger partial charge in [-0.05, 0) is 0 Å². The molecular weight excluding hydrogens is 142 g/mol. The minimum atomic E-state index is 0.617. The fraction of sp³-hybridized carbons (Fsp3) is 0.143. The van der Waals surface area contributed by atoms with Gasteiger partial charge in [0.05, 0.1) is 6.54 Å². The SMILES string of the molecule is O=CC1=CNc2nccn2C1. The van der Waals surface area contributed by atoms with Crippen LogP contribution >= 0.6 is 0 Å². The van der Waals surface area contributed by atoms with Crippen molar-refractivity contribution in [3.05, 3.63) is 24.2 Å². The normalized spacial score (nSPS) is 14.7. The number of hydrogen-bond donors (Lipinski definition) is 1. The molecule has 1 aliphatic heterocycles. The Balaban J connectivity index is 2.33. The molecule has 0 radical (unpaired) electrons. The number of allylic oxidation sites excluding steroid dienone is 1. The van der Waals surface area contributed by atoms with Gasteiger partial charge in [0.25, 0.3) is 0 Å². The maximum Gasteiger partial charge on any atom is 0.207 e. The third-order valence-corrected chi connectivity index (χ3v) is 1.61. The Bertz CT molecular complexity index is 313. The summed E-state index contributed by atoms with van der Waals surface area (Å²) in [7, 11) is 0. The Labute approximate surface area is 63.5 Å². The van der Waals surface area contributed by atoms with Gasteiger partial charge in [0.1, 0.15) is 6.29 Å². The topological polar surface area (TPSA) is 46.9 Å². The average Bonchev–Trinajstić information content (AvgIpc) is 2.50. The van der Waals surface area contributed by atoms with E-state index in [-0.39, 0.29) is 0 Å². The molecule has 56 valence electrons. The van der Waals surface area contributed by atoms with Gasteiger partial charge in [-0.3, -0.25) is 4.79 Å². The number of hydrogen-bond acceptors (Lipinski definition) is 3. The maximum atomic E-state index is 10.3. The van der Waals surface area contributed by atoms with Gasteiger partial charge in [-0.1, -0.05) is 0 Å². The van der Waals surface area contributed by atoms with Gasteiger partial charge in [-0.15, -0.1) is 0 Å². The first-order valence-electron chi connectivity index (χ1n) is 3.32. The van der Waals surface area contributed by atoms with Crippen molar-refractivity contribution in [1.29, 1.82) is 0 Å². The summed E-state index contributed by atoms with van der Waals surface area (Å²) < 4.78 is 1.88. The first-order chi connectivity index (χ1) is 5.40. The molecule has 2 heterocycles. The fourth-order valence-corrected chi connectivity index (χ4v) is 1.05. The van der Waals surface area contributed by atoms with Gasteiger partial charge in [0.2, 0.25) is 5.95 Å². The first kappa shape index (κ1) is 6.15. The second-order valence-electron chi connectivity index (χ2n) is 2.36. The average molecular weight is 149 g/mol. The highest BCUT2D eigenvalue weighted by molar-refractivity contribution is 5.74. The highest BCUT2D eigenvalue weighted by atomic mass is 16.1. The van der Waals surface area contributed by atoms with Crippen LogP contribution in [0, 0.1) is 0 Å². The molecule has 0 bridgehead atoms. The summed E-state index contributed by atoms with van der Waals surface area (Å²) in [4.78, 5) is 14.4. The number of nitrogens with one attached hydrogen (secondary N) is 1. The van der Waals surface area contributed by atoms with Crippen molar-refractivity contribution in [1.82, 2.24) is 9.55 Å². The maximum absolute atomic E-state index is 10.3. The third-order valence-electron chi connectivity index (χ3n) is 1.61. The summed E-state index contributed by atoms with van der Waals surface area (Å²) in [6.45, 7) is 0.617. The number of aromatic nitrogens is 2. The van der Waals surface area contributed by atoms with Crippen LogP contribution in [0.25, 0.3) is 0 Å². The lowest BCUT2D eigenvalue weighted by atomic mass is 10.3. The first-order valence-corrected chi connectivity index (χ1v) is 3.32. The zero-order chi connectivity index (χ0) is 7.68. The van der Waals surface area contributed by atoms with Crippen LogP contribution in [-0.2, 0) is 11.3 Å². The van der Waals surface area contributed by atoms with Crippen LogP contribution in [0.15, 0.2) is 24.2 Å². The molecule has 0 saturated heterocycles. The summed E-state index contributed by atoms with van der Waals surface area (Å²) in [6.07, 6.45) is 6.05. The number of anilines is 1. The molecule has 0 amide bonds. The van der Waals surface area contributed by atoms with E-state index < -0.39 is 0 Å². The molecule has 0 fully saturated rings. The minimum absolute atomic E-state index is 0.617. The number of nitrogens with zero attached hydrogens (tertiary/aromatic N) is 2. The van der Waals surface area contributed by atoms with Crippen LogP contribution in [-0.4, -0.2) is 15.8 Å². The molecule has 2 rings (SSSR count). The van der Waals surface area contributed by atoms with Crippen LogP contribution < -0.4 is 5.32 Å². The minimum Gasteiger partial charge on any atom is -0.332 e. The number of imidazole rings is 1. The molecule has 0 atom stereocenters. The standard InChI is InChI=1S/C7H7N3O/c11-5-6-3-9-7-8-1-2-10(7)4-6/h1-3,5H,4H2,(H,8,9). The van der Waals surface area contributed by atoms with Crippen LogP contribution in [0.3, 0.4) is 0 Å². The van der Waals surface area contributed by atoms with Crippen molar-refractivity contribution >= 4 is 12.2 Å². The molecule has 0 aromatic carbocycles. The lowest BCUT2D eigenvalue weighted by Crippen LogP contribution is -2.12. The predicted octanol–water partition coefficient (Wildman–Crippen LogP) is 0.391. The highest BCUT2D eigenvalue weighted by Crippen LogP contribution is 2.12. The molecule has 0 spiro atoms. The molecular formula is C7H7N3O. The van der Waals surface area contributed by atoms with Crippen LogP contribution in [0.1, 0.15) is 0 Å². The fourth-order valence-electron chi connectivity index (χ4n) is 1.05. The smallest absolute Gasteiger partial charge is 0.207 e. The monoisotopic (exact) mass is 149 g/mol. The van der Waals surface area contributed by atoms with E-state index in [9.17, 15) is 4.79 Å². The van der Waals surface area contributed by atoms with Crippen LogP contribution in [0.2, 0.25) is 0 Å². The lowest BCUT2D eigenvalue weighted by molar-refractivity contribution is -0.105. The van der Waals surface area contributed by atoms with Gasteiger partial charge in [-0.2, -0.15) is 0 Å². The largest absolute Gasteiger partial charge is 0.332 e. The third kappa shape index (κ3) is 0.920. The number of carbonyl (C=O) groups is 1. The molecule has 0 saturated carbocycles. The van der Waals surface area contributed by atoms with E-state index in [4.69, 9.17) is 0 Å². The predicted molar refractivity (Wildman–Crippen MR) is 40.0 cm³/mol. The summed E-state index contributed by atoms with van der Waals surface area (Å²) in [5.74, 6) is 0.788. The second-order valence-corrected chi connectivity index (χ2v) is 2.36. The van der Waals surface area contributed by atoms with E-state index in [0.29, 0.717) is 6.54 Å². The Morgan fingerprint density at radius 1 is 1.73 bits per heavy atom. The summed E-state index contributed by atoms with van der Waals surface area (Å²) in [5, 5.41) is 2.90. The Morgan fingerprint density at radius 3 is 3.45 bits per heavy atom. The Hall–Kier alpha value is -1.58. The summed E-state index contributed by atoms with van der Waals surface area (Å²) >= 11 is 0. The zero-order valence-electron chi connectivity index (χ0n) is 5.82. The van der Waals surface area contributed by atoms with Crippen molar-refractivity contribution in [3.8, 4) is 0 Å². The van der Waals surface area contributed by atoms with Gasteiger partial charge in [0.15, 0.2) is 0 Å². The summed E-state index contributed by atoms with van der Waals surface area (Å²) in [6, 6.07) is 0. The van der Waals surface area contributed by atoms with Gasteiger partial charge in [0, 0.05) is 24.2 Å². The molecule has 1 aliphatic rings. The molecule has 0 unspecified atom stereocenters. The van der Waals surface area contributed by atoms with Crippen molar-refractivity contribution in [2.75, 3.05) is 5.32 Å². The number of rotatable bonds is 1. The van der Waals surface area contributed by atoms with E-state index in [1.54, 1.807) is 12.4 Å². The van der Waals surface area contributed by atoms with Crippen LogP contribution in [0.5, 0.6) is 0 Å². The van der Waals surface area contributed by atoms with Crippen LogP contribution in [0.4, 0.5) is 5.95 Å². The lowest BCUT2D eigenvalue weighted by Gasteiger charge is -2.12. The van der Waals surface area contributed by atoms with Gasteiger partial charge < -0.3 is 9.88 Å². The molecule has 0 aliphatic carbocycles.